The van der Waals surface area contributed by atoms with Gasteiger partial charge in [-0.15, -0.1) is 0 Å². The van der Waals surface area contributed by atoms with Crippen molar-refractivity contribution in [2.75, 3.05) is 31.1 Å². The zero-order chi connectivity index (χ0) is 13.0. The molecule has 18 heavy (non-hydrogen) atoms. The van der Waals surface area contributed by atoms with Crippen LogP contribution in [0.3, 0.4) is 0 Å². The number of aliphatic hydroxyl groups excluding tert-OH is 1. The van der Waals surface area contributed by atoms with Gasteiger partial charge in [0.1, 0.15) is 0 Å². The van der Waals surface area contributed by atoms with Gasteiger partial charge in [0.05, 0.1) is 0 Å². The molecular formula is C13H18N2O3. The maximum absolute atomic E-state index is 10.6. The lowest BCUT2D eigenvalue weighted by Crippen LogP contribution is -2.43. The molecule has 1 aliphatic rings. The number of benzene rings is 1. The number of aliphatic carboxylic acids is 1. The number of aliphatic hydroxyl groups is 1. The van der Waals surface area contributed by atoms with Crippen LogP contribution in [0.15, 0.2) is 24.3 Å². The highest BCUT2D eigenvalue weighted by Gasteiger charge is 2.14. The molecule has 1 aromatic carbocycles. The first-order valence-electron chi connectivity index (χ1n) is 6.12. The summed E-state index contributed by atoms with van der Waals surface area (Å²) in [6.07, 6.45) is -1.17. The van der Waals surface area contributed by atoms with Crippen LogP contribution in [-0.2, 0) is 11.2 Å². The van der Waals surface area contributed by atoms with Gasteiger partial charge in [-0.05, 0) is 17.7 Å². The van der Waals surface area contributed by atoms with E-state index in [2.05, 4.69) is 10.2 Å². The van der Waals surface area contributed by atoms with E-state index in [0.717, 1.165) is 37.4 Å². The Bertz CT molecular complexity index is 399. The fourth-order valence-corrected chi connectivity index (χ4v) is 2.08. The van der Waals surface area contributed by atoms with Crippen LogP contribution in [0.25, 0.3) is 0 Å². The average molecular weight is 250 g/mol. The molecule has 0 saturated carbocycles. The molecule has 1 aliphatic heterocycles. The van der Waals surface area contributed by atoms with Gasteiger partial charge in [0.15, 0.2) is 6.10 Å². The van der Waals surface area contributed by atoms with Gasteiger partial charge >= 0.3 is 5.97 Å². The molecule has 0 spiro atoms. The third kappa shape index (κ3) is 3.21. The van der Waals surface area contributed by atoms with Gasteiger partial charge in [-0.3, -0.25) is 0 Å². The summed E-state index contributed by atoms with van der Waals surface area (Å²) in [6, 6.07) is 7.72. The summed E-state index contributed by atoms with van der Waals surface area (Å²) < 4.78 is 0. The molecule has 0 aliphatic carbocycles. The van der Waals surface area contributed by atoms with Crippen molar-refractivity contribution in [3.8, 4) is 0 Å². The average Bonchev–Trinajstić information content (AvgIpc) is 2.40. The van der Waals surface area contributed by atoms with Crippen molar-refractivity contribution in [2.24, 2.45) is 0 Å². The lowest BCUT2D eigenvalue weighted by molar-refractivity contribution is -0.146. The van der Waals surface area contributed by atoms with Crippen molar-refractivity contribution in [3.63, 3.8) is 0 Å². The Balaban J connectivity index is 1.98. The summed E-state index contributed by atoms with van der Waals surface area (Å²) in [5.74, 6) is -1.18. The summed E-state index contributed by atoms with van der Waals surface area (Å²) in [7, 11) is 0. The Hall–Kier alpha value is -1.59. The number of carboxylic acid groups (broad SMARTS) is 1. The Morgan fingerprint density at radius 3 is 2.44 bits per heavy atom. The number of piperazine rings is 1. The molecular weight excluding hydrogens is 232 g/mol. The minimum Gasteiger partial charge on any atom is -0.479 e. The van der Waals surface area contributed by atoms with E-state index in [0.29, 0.717) is 0 Å². The van der Waals surface area contributed by atoms with Crippen LogP contribution in [-0.4, -0.2) is 48.5 Å². The van der Waals surface area contributed by atoms with Crippen molar-refractivity contribution in [1.29, 1.82) is 0 Å². The monoisotopic (exact) mass is 250 g/mol. The van der Waals surface area contributed by atoms with E-state index in [1.165, 1.54) is 0 Å². The van der Waals surface area contributed by atoms with E-state index < -0.39 is 12.1 Å². The number of carboxylic acids is 1. The summed E-state index contributed by atoms with van der Waals surface area (Å²) in [5, 5.41) is 21.2. The fraction of sp³-hybridized carbons (Fsp3) is 0.462. The second-order valence-electron chi connectivity index (χ2n) is 4.46. The Morgan fingerprint density at radius 2 is 1.89 bits per heavy atom. The predicted molar refractivity (Wildman–Crippen MR) is 68.9 cm³/mol. The summed E-state index contributed by atoms with van der Waals surface area (Å²) in [5.41, 5.74) is 1.98. The molecule has 1 unspecified atom stereocenters. The van der Waals surface area contributed by atoms with Crippen LogP contribution >= 0.6 is 0 Å². The van der Waals surface area contributed by atoms with Gasteiger partial charge in [0.2, 0.25) is 0 Å². The summed E-state index contributed by atoms with van der Waals surface area (Å²) >= 11 is 0. The van der Waals surface area contributed by atoms with Crippen LogP contribution in [0.2, 0.25) is 0 Å². The van der Waals surface area contributed by atoms with Crippen LogP contribution in [0.5, 0.6) is 0 Å². The number of rotatable bonds is 4. The van der Waals surface area contributed by atoms with E-state index in [1.54, 1.807) is 0 Å². The normalized spacial score (nSPS) is 17.5. The Morgan fingerprint density at radius 1 is 1.28 bits per heavy atom. The summed E-state index contributed by atoms with van der Waals surface area (Å²) in [6.45, 7) is 3.94. The molecule has 1 atom stereocenters. The minimum absolute atomic E-state index is 0.150. The van der Waals surface area contributed by atoms with Gasteiger partial charge in [0, 0.05) is 38.3 Å². The number of nitrogens with zero attached hydrogens (tertiary/aromatic N) is 1. The zero-order valence-electron chi connectivity index (χ0n) is 10.2. The van der Waals surface area contributed by atoms with Gasteiger partial charge < -0.3 is 20.4 Å². The maximum atomic E-state index is 10.6. The molecule has 98 valence electrons. The molecule has 2 rings (SSSR count). The number of hydrogen-bond acceptors (Lipinski definition) is 4. The molecule has 0 aromatic heterocycles. The third-order valence-corrected chi connectivity index (χ3v) is 3.13. The van der Waals surface area contributed by atoms with Gasteiger partial charge in [0.25, 0.3) is 0 Å². The maximum Gasteiger partial charge on any atom is 0.332 e. The van der Waals surface area contributed by atoms with E-state index in [4.69, 9.17) is 5.11 Å². The van der Waals surface area contributed by atoms with Crippen molar-refractivity contribution >= 4 is 11.7 Å². The molecule has 1 saturated heterocycles. The first-order valence-corrected chi connectivity index (χ1v) is 6.12. The SMILES string of the molecule is O=C(O)C(O)Cc1ccc(N2CCNCC2)cc1. The second kappa shape index (κ2) is 5.84. The highest BCUT2D eigenvalue weighted by molar-refractivity contribution is 5.72. The standard InChI is InChI=1S/C13H18N2O3/c16-12(13(17)18)9-10-1-3-11(4-2-10)15-7-5-14-6-8-15/h1-4,12,14,16H,5-9H2,(H,17,18). The van der Waals surface area contributed by atoms with Gasteiger partial charge in [-0.25, -0.2) is 4.79 Å². The molecule has 3 N–H and O–H groups in total. The summed E-state index contributed by atoms with van der Waals surface area (Å²) in [4.78, 5) is 12.8. The molecule has 1 aromatic rings. The molecule has 1 heterocycles. The smallest absolute Gasteiger partial charge is 0.332 e. The molecule has 1 fully saturated rings. The van der Waals surface area contributed by atoms with Crippen molar-refractivity contribution in [1.82, 2.24) is 5.32 Å². The minimum atomic E-state index is -1.32. The number of hydrogen-bond donors (Lipinski definition) is 3. The van der Waals surface area contributed by atoms with E-state index >= 15 is 0 Å². The number of anilines is 1. The van der Waals surface area contributed by atoms with Crippen molar-refractivity contribution in [3.05, 3.63) is 29.8 Å². The molecule has 0 radical (unpaired) electrons. The quantitative estimate of drug-likeness (QED) is 0.706. The van der Waals surface area contributed by atoms with Crippen LogP contribution in [0.1, 0.15) is 5.56 Å². The van der Waals surface area contributed by atoms with Crippen LogP contribution in [0, 0.1) is 0 Å². The molecule has 5 heteroatoms. The molecule has 0 amide bonds. The van der Waals surface area contributed by atoms with Crippen molar-refractivity contribution in [2.45, 2.75) is 12.5 Å². The Labute approximate surface area is 106 Å². The van der Waals surface area contributed by atoms with Crippen LogP contribution < -0.4 is 10.2 Å². The van der Waals surface area contributed by atoms with Gasteiger partial charge in [-0.1, -0.05) is 12.1 Å². The van der Waals surface area contributed by atoms with E-state index in [9.17, 15) is 9.90 Å². The highest BCUT2D eigenvalue weighted by atomic mass is 16.4. The molecule has 0 bridgehead atoms. The lowest BCUT2D eigenvalue weighted by Gasteiger charge is -2.29. The lowest BCUT2D eigenvalue weighted by atomic mass is 10.1. The van der Waals surface area contributed by atoms with Gasteiger partial charge in [-0.2, -0.15) is 0 Å². The second-order valence-corrected chi connectivity index (χ2v) is 4.46. The Kier molecular flexibility index (Phi) is 4.17. The number of nitrogens with one attached hydrogen (secondary N) is 1. The predicted octanol–water partition coefficient (Wildman–Crippen LogP) is 0.0842. The van der Waals surface area contributed by atoms with Crippen LogP contribution in [0.4, 0.5) is 5.69 Å². The van der Waals surface area contributed by atoms with Crippen molar-refractivity contribution < 1.29 is 15.0 Å². The largest absolute Gasteiger partial charge is 0.479 e. The van der Waals surface area contributed by atoms with E-state index in [1.807, 2.05) is 24.3 Å². The topological polar surface area (TPSA) is 72.8 Å². The zero-order valence-corrected chi connectivity index (χ0v) is 10.2. The first-order chi connectivity index (χ1) is 8.66. The highest BCUT2D eigenvalue weighted by Crippen LogP contribution is 2.16. The number of carbonyl (C=O) groups is 1. The fourth-order valence-electron chi connectivity index (χ4n) is 2.08. The first kappa shape index (κ1) is 12.9. The molecule has 5 nitrogen and oxygen atoms in total. The third-order valence-electron chi connectivity index (χ3n) is 3.13. The van der Waals surface area contributed by atoms with E-state index in [-0.39, 0.29) is 6.42 Å².